The number of amides is 2. The zero-order valence-electron chi connectivity index (χ0n) is 17.0. The summed E-state index contributed by atoms with van der Waals surface area (Å²) in [6.45, 7) is 2.89. The van der Waals surface area contributed by atoms with Crippen LogP contribution in [-0.2, 0) is 27.3 Å². The molecule has 0 aromatic heterocycles. The van der Waals surface area contributed by atoms with Gasteiger partial charge in [-0.05, 0) is 30.7 Å². The van der Waals surface area contributed by atoms with E-state index in [0.717, 1.165) is 17.7 Å². The highest BCUT2D eigenvalue weighted by molar-refractivity contribution is 5.98. The number of aliphatic carboxylic acids is 1. The Bertz CT molecular complexity index is 916. The minimum atomic E-state index is -1.26. The molecule has 1 N–H and O–H groups in total. The Balaban J connectivity index is 2.35. The summed E-state index contributed by atoms with van der Waals surface area (Å²) in [6.07, 6.45) is -0.301. The van der Waals surface area contributed by atoms with Crippen LogP contribution < -0.4 is 0 Å². The Morgan fingerprint density at radius 3 is 2.10 bits per heavy atom. The van der Waals surface area contributed by atoms with Crippen LogP contribution in [-0.4, -0.2) is 46.5 Å². The van der Waals surface area contributed by atoms with Gasteiger partial charge in [0.2, 0.25) is 0 Å². The van der Waals surface area contributed by atoms with Crippen LogP contribution in [0.2, 0.25) is 0 Å². The summed E-state index contributed by atoms with van der Waals surface area (Å²) in [5, 5.41) is 12.7. The molecule has 160 valence electrons. The Kier molecular flexibility index (Phi) is 7.39. The van der Waals surface area contributed by atoms with Gasteiger partial charge in [0.25, 0.3) is 5.97 Å². The molecule has 2 amide bonds. The first-order valence-corrected chi connectivity index (χ1v) is 9.38. The first-order chi connectivity index (χ1) is 14.0. The van der Waals surface area contributed by atoms with Gasteiger partial charge in [-0.3, -0.25) is 9.28 Å². The van der Waals surface area contributed by atoms with E-state index in [0.29, 0.717) is 6.07 Å². The third kappa shape index (κ3) is 5.70. The number of carbonyl (C=O) groups is 3. The summed E-state index contributed by atoms with van der Waals surface area (Å²) in [5.74, 6) is -4.05. The summed E-state index contributed by atoms with van der Waals surface area (Å²) in [7, 11) is 1.54. The second-order valence-corrected chi connectivity index (χ2v) is 7.42. The van der Waals surface area contributed by atoms with Gasteiger partial charge in [0.05, 0.1) is 13.5 Å². The highest BCUT2D eigenvalue weighted by Crippen LogP contribution is 2.23. The number of hydrogen-bond acceptors (Lipinski definition) is 3. The predicted molar refractivity (Wildman–Crippen MR) is 106 cm³/mol. The molecule has 2 rings (SSSR count). The standard InChI is InChI=1S/C22H24F2N2O4/c1-14(22(29)30)25-21(28)15(2)26(3,13-16-7-5-4-6-8-16)20(27)11-17-9-18(23)12-19(24)10-17/h4-10,12,14-15H,11,13H2,1-3H3,(H-,25,28,29,30)/t14-,15-,26?/m0/s1. The van der Waals surface area contributed by atoms with Gasteiger partial charge in [-0.25, -0.2) is 13.6 Å². The molecule has 0 radical (unpaired) electrons. The predicted octanol–water partition coefficient (Wildman–Crippen LogP) is 3.44. The molecule has 30 heavy (non-hydrogen) atoms. The van der Waals surface area contributed by atoms with Crippen molar-refractivity contribution in [2.75, 3.05) is 7.05 Å². The maximum atomic E-state index is 13.5. The number of halogens is 2. The highest BCUT2D eigenvalue weighted by Gasteiger charge is 2.39. The number of benzene rings is 2. The quantitative estimate of drug-likeness (QED) is 0.666. The lowest BCUT2D eigenvalue weighted by Crippen LogP contribution is -2.58. The second-order valence-electron chi connectivity index (χ2n) is 7.42. The number of rotatable bonds is 8. The average molecular weight is 418 g/mol. The number of carboxylic acid groups (broad SMARTS) is 1. The molecule has 0 aliphatic heterocycles. The molecule has 0 bridgehead atoms. The molecule has 2 aromatic rings. The van der Waals surface area contributed by atoms with E-state index in [2.05, 4.69) is 5.32 Å². The maximum absolute atomic E-state index is 13.5. The Hall–Kier alpha value is -3.13. The number of carboxylic acids is 1. The summed E-state index contributed by atoms with van der Waals surface area (Å²) >= 11 is 0. The third-order valence-corrected chi connectivity index (χ3v) is 5.09. The van der Waals surface area contributed by atoms with Gasteiger partial charge < -0.3 is 15.2 Å². The van der Waals surface area contributed by atoms with Crippen LogP contribution in [0.1, 0.15) is 25.0 Å². The lowest BCUT2D eigenvalue weighted by Gasteiger charge is -2.40. The normalized spacial score (nSPS) is 15.0. The van der Waals surface area contributed by atoms with Gasteiger partial charge in [-0.15, -0.1) is 0 Å². The fourth-order valence-electron chi connectivity index (χ4n) is 3.07. The van der Waals surface area contributed by atoms with Crippen LogP contribution >= 0.6 is 0 Å². The molecule has 0 spiro atoms. The van der Waals surface area contributed by atoms with Crippen LogP contribution in [0.25, 0.3) is 5.32 Å². The summed E-state index contributed by atoms with van der Waals surface area (Å²) in [6, 6.07) is 9.56. The van der Waals surface area contributed by atoms with Crippen molar-refractivity contribution in [1.82, 2.24) is 0 Å². The number of nitrogens with zero attached hydrogens (tertiary/aromatic N) is 2. The van der Waals surface area contributed by atoms with Gasteiger partial charge in [-0.2, -0.15) is 0 Å². The van der Waals surface area contributed by atoms with Crippen molar-refractivity contribution in [3.8, 4) is 0 Å². The molecule has 0 fully saturated rings. The number of hydrogen-bond donors (Lipinski definition) is 1. The lowest BCUT2D eigenvalue weighted by molar-refractivity contribution is -0.862. The van der Waals surface area contributed by atoms with E-state index < -0.39 is 46.0 Å². The molecular weight excluding hydrogens is 394 g/mol. The molecule has 0 saturated carbocycles. The summed E-state index contributed by atoms with van der Waals surface area (Å²) in [5.41, 5.74) is 0.912. The number of carbonyl (C=O) groups excluding carboxylic acids is 2. The van der Waals surface area contributed by atoms with Gasteiger partial charge in [0.1, 0.15) is 30.1 Å². The van der Waals surface area contributed by atoms with Crippen molar-refractivity contribution in [1.29, 1.82) is 0 Å². The van der Waals surface area contributed by atoms with Gasteiger partial charge in [0.15, 0.2) is 0 Å². The minimum absolute atomic E-state index is 0.126. The number of quaternary nitrogens is 1. The largest absolute Gasteiger partial charge is 0.637 e. The average Bonchev–Trinajstić information content (AvgIpc) is 2.66. The molecule has 0 aliphatic carbocycles. The molecule has 1 unspecified atom stereocenters. The molecule has 0 heterocycles. The summed E-state index contributed by atoms with van der Waals surface area (Å²) < 4.78 is 26.7. The lowest BCUT2D eigenvalue weighted by atomic mass is 10.1. The van der Waals surface area contributed by atoms with E-state index >= 15 is 0 Å². The molecule has 2 aromatic carbocycles. The Morgan fingerprint density at radius 1 is 1.00 bits per heavy atom. The van der Waals surface area contributed by atoms with Crippen LogP contribution in [0.4, 0.5) is 8.78 Å². The molecule has 0 aliphatic rings. The van der Waals surface area contributed by atoms with E-state index in [1.54, 1.807) is 24.3 Å². The molecule has 0 saturated heterocycles. The van der Waals surface area contributed by atoms with Crippen molar-refractivity contribution >= 4 is 17.8 Å². The zero-order chi connectivity index (χ0) is 22.5. The van der Waals surface area contributed by atoms with Crippen LogP contribution in [0.5, 0.6) is 0 Å². The van der Waals surface area contributed by atoms with E-state index in [1.807, 2.05) is 6.07 Å². The Labute approximate surface area is 173 Å². The minimum Gasteiger partial charge on any atom is -0.637 e. The van der Waals surface area contributed by atoms with E-state index in [1.165, 1.54) is 20.9 Å². The van der Waals surface area contributed by atoms with Crippen LogP contribution in [0.3, 0.4) is 0 Å². The van der Waals surface area contributed by atoms with Gasteiger partial charge in [-0.1, -0.05) is 37.3 Å². The monoisotopic (exact) mass is 418 g/mol. The molecule has 3 atom stereocenters. The Morgan fingerprint density at radius 2 is 1.57 bits per heavy atom. The van der Waals surface area contributed by atoms with Crippen molar-refractivity contribution < 1.29 is 32.8 Å². The molecular formula is C22H24F2N2O4. The summed E-state index contributed by atoms with van der Waals surface area (Å²) in [4.78, 5) is 36.9. The number of likely N-dealkylation sites (N-methyl/N-ethyl adjacent to an activating group) is 1. The topological polar surface area (TPSA) is 85.5 Å². The smallest absolute Gasteiger partial charge is 0.318 e. The van der Waals surface area contributed by atoms with Gasteiger partial charge >= 0.3 is 5.91 Å². The van der Waals surface area contributed by atoms with Crippen molar-refractivity contribution in [2.45, 2.75) is 38.9 Å². The molecule has 8 heteroatoms. The van der Waals surface area contributed by atoms with Crippen molar-refractivity contribution in [3.63, 3.8) is 0 Å². The maximum Gasteiger partial charge on any atom is 0.318 e. The fourth-order valence-corrected chi connectivity index (χ4v) is 3.07. The zero-order valence-corrected chi connectivity index (χ0v) is 17.0. The van der Waals surface area contributed by atoms with E-state index in [4.69, 9.17) is 5.11 Å². The molecule has 6 nitrogen and oxygen atoms in total. The van der Waals surface area contributed by atoms with Crippen molar-refractivity contribution in [2.24, 2.45) is 0 Å². The highest BCUT2D eigenvalue weighted by atomic mass is 19.1. The van der Waals surface area contributed by atoms with Crippen LogP contribution in [0.15, 0.2) is 48.5 Å². The van der Waals surface area contributed by atoms with E-state index in [-0.39, 0.29) is 18.5 Å². The third-order valence-electron chi connectivity index (χ3n) is 5.09. The van der Waals surface area contributed by atoms with Crippen LogP contribution in [0, 0.1) is 11.6 Å². The van der Waals surface area contributed by atoms with Gasteiger partial charge in [0, 0.05) is 11.6 Å². The SMILES string of the molecule is C[C@H]([N-]C(=O)[C@H](C)[N+](C)(Cc1ccccc1)C(=O)Cc1cc(F)cc(F)c1)C(=O)O. The first kappa shape index (κ1) is 23.2. The second kappa shape index (κ2) is 9.58. The van der Waals surface area contributed by atoms with Crippen molar-refractivity contribution in [3.05, 3.63) is 76.6 Å². The fraction of sp³-hybridized carbons (Fsp3) is 0.318. The first-order valence-electron chi connectivity index (χ1n) is 9.38. The van der Waals surface area contributed by atoms with E-state index in [9.17, 15) is 23.2 Å².